The summed E-state index contributed by atoms with van der Waals surface area (Å²) < 4.78 is 16.6. The van der Waals surface area contributed by atoms with Crippen molar-refractivity contribution in [3.63, 3.8) is 0 Å². The summed E-state index contributed by atoms with van der Waals surface area (Å²) in [6, 6.07) is 0. The van der Waals surface area contributed by atoms with Crippen molar-refractivity contribution in [2.45, 2.75) is 239 Å². The predicted octanol–water partition coefficient (Wildman–Crippen LogP) is 13.5. The molecule has 6 heteroatoms. The van der Waals surface area contributed by atoms with Gasteiger partial charge in [0.25, 0.3) is 0 Å². The van der Waals surface area contributed by atoms with E-state index < -0.39 is 6.10 Å². The molecule has 0 aliphatic carbocycles. The van der Waals surface area contributed by atoms with Gasteiger partial charge in [0.15, 0.2) is 6.10 Å². The third kappa shape index (κ3) is 37.4. The fourth-order valence-corrected chi connectivity index (χ4v) is 6.20. The van der Waals surface area contributed by atoms with Gasteiger partial charge in [0.1, 0.15) is 13.2 Å². The molecule has 0 saturated carbocycles. The van der Waals surface area contributed by atoms with Gasteiger partial charge >= 0.3 is 17.9 Å². The van der Waals surface area contributed by atoms with Gasteiger partial charge in [0.05, 0.1) is 0 Å². The zero-order valence-corrected chi connectivity index (χ0v) is 33.4. The molecule has 0 saturated heterocycles. The quantitative estimate of drug-likeness (QED) is 0.0274. The second kappa shape index (κ2) is 39.9. The average Bonchev–Trinajstić information content (AvgIpc) is 3.11. The monoisotopic (exact) mass is 707 g/mol. The van der Waals surface area contributed by atoms with Crippen LogP contribution < -0.4 is 0 Å². The van der Waals surface area contributed by atoms with Crippen LogP contribution in [0.5, 0.6) is 0 Å². The summed E-state index contributed by atoms with van der Waals surface area (Å²) in [6.45, 7) is 6.58. The number of rotatable bonds is 39. The van der Waals surface area contributed by atoms with Crippen LogP contribution in [0, 0.1) is 0 Å². The Kier molecular flexibility index (Phi) is 38.5. The first-order valence-electron chi connectivity index (χ1n) is 21.7. The highest BCUT2D eigenvalue weighted by molar-refractivity contribution is 5.71. The van der Waals surface area contributed by atoms with Gasteiger partial charge in [0, 0.05) is 19.3 Å². The molecule has 0 N–H and O–H groups in total. The molecule has 0 aromatic rings. The fourth-order valence-electron chi connectivity index (χ4n) is 6.20. The zero-order valence-electron chi connectivity index (χ0n) is 33.4. The number of ether oxygens (including phenoxy) is 3. The lowest BCUT2D eigenvalue weighted by molar-refractivity contribution is -0.167. The number of hydrogen-bond acceptors (Lipinski definition) is 6. The van der Waals surface area contributed by atoms with Crippen LogP contribution in [0.2, 0.25) is 0 Å². The fraction of sp³-hybridized carbons (Fsp3) is 0.886. The minimum Gasteiger partial charge on any atom is -0.462 e. The summed E-state index contributed by atoms with van der Waals surface area (Å²) in [5.74, 6) is -0.878. The molecule has 0 aromatic heterocycles. The summed E-state index contributed by atoms with van der Waals surface area (Å²) in [5.41, 5.74) is 0. The van der Waals surface area contributed by atoms with E-state index in [1.807, 2.05) is 0 Å². The van der Waals surface area contributed by atoms with Crippen molar-refractivity contribution in [1.82, 2.24) is 0 Å². The standard InChI is InChI=1S/C44H82O6/c1-4-7-10-13-16-19-21-22-23-26-28-31-34-37-43(46)49-40-41(39-48-42(45)36-33-30-27-24-18-15-12-9-6-3)50-44(47)38-35-32-29-25-20-17-14-11-8-5-2/h19,21,41H,4-18,20,22-40H2,1-3H3/b21-19-/t41-/m1/s1. The van der Waals surface area contributed by atoms with Crippen LogP contribution in [0.15, 0.2) is 12.2 Å². The van der Waals surface area contributed by atoms with E-state index in [9.17, 15) is 14.4 Å². The van der Waals surface area contributed by atoms with E-state index in [0.717, 1.165) is 64.2 Å². The van der Waals surface area contributed by atoms with E-state index in [-0.39, 0.29) is 31.1 Å². The first kappa shape index (κ1) is 48.1. The van der Waals surface area contributed by atoms with Crippen LogP contribution in [-0.2, 0) is 28.6 Å². The Morgan fingerprint density at radius 3 is 1.02 bits per heavy atom. The molecule has 0 fully saturated rings. The van der Waals surface area contributed by atoms with Gasteiger partial charge in [-0.15, -0.1) is 0 Å². The van der Waals surface area contributed by atoms with Gasteiger partial charge in [-0.25, -0.2) is 0 Å². The lowest BCUT2D eigenvalue weighted by Gasteiger charge is -2.18. The molecule has 0 spiro atoms. The minimum atomic E-state index is -0.763. The highest BCUT2D eigenvalue weighted by Crippen LogP contribution is 2.14. The summed E-state index contributed by atoms with van der Waals surface area (Å²) in [6.07, 6.45) is 40.5. The normalized spacial score (nSPS) is 12.0. The third-order valence-electron chi connectivity index (χ3n) is 9.52. The van der Waals surface area contributed by atoms with Crippen LogP contribution in [-0.4, -0.2) is 37.2 Å². The molecular formula is C44H82O6. The van der Waals surface area contributed by atoms with Crippen molar-refractivity contribution in [2.75, 3.05) is 13.2 Å². The maximum absolute atomic E-state index is 12.6. The van der Waals surface area contributed by atoms with Crippen molar-refractivity contribution in [3.05, 3.63) is 12.2 Å². The molecule has 0 aliphatic heterocycles. The van der Waals surface area contributed by atoms with E-state index in [1.165, 1.54) is 128 Å². The average molecular weight is 707 g/mol. The SMILES string of the molecule is CCCCCC/C=C\CCCCCCCC(=O)OC[C@@H](COC(=O)CCCCCCCCCCC)OC(=O)CCCCCCCCCCCC. The molecule has 0 unspecified atom stereocenters. The number of unbranched alkanes of at least 4 members (excludes halogenated alkanes) is 26. The molecule has 0 aliphatic rings. The molecular weight excluding hydrogens is 624 g/mol. The number of esters is 3. The summed E-state index contributed by atoms with van der Waals surface area (Å²) in [5, 5.41) is 0. The molecule has 50 heavy (non-hydrogen) atoms. The van der Waals surface area contributed by atoms with Crippen molar-refractivity contribution in [1.29, 1.82) is 0 Å². The summed E-state index contributed by atoms with van der Waals surface area (Å²) in [7, 11) is 0. The number of carbonyl (C=O) groups excluding carboxylic acids is 3. The zero-order chi connectivity index (χ0) is 36.6. The maximum atomic E-state index is 12.6. The van der Waals surface area contributed by atoms with Gasteiger partial charge in [-0.2, -0.15) is 0 Å². The van der Waals surface area contributed by atoms with Crippen LogP contribution in [0.1, 0.15) is 233 Å². The molecule has 294 valence electrons. The van der Waals surface area contributed by atoms with E-state index in [1.54, 1.807) is 0 Å². The number of allylic oxidation sites excluding steroid dienone is 2. The van der Waals surface area contributed by atoms with Crippen LogP contribution in [0.3, 0.4) is 0 Å². The highest BCUT2D eigenvalue weighted by Gasteiger charge is 2.19. The highest BCUT2D eigenvalue weighted by atomic mass is 16.6. The van der Waals surface area contributed by atoms with E-state index >= 15 is 0 Å². The van der Waals surface area contributed by atoms with Gasteiger partial charge < -0.3 is 14.2 Å². The Bertz CT molecular complexity index is 778. The first-order valence-corrected chi connectivity index (χ1v) is 21.7. The molecule has 0 rings (SSSR count). The maximum Gasteiger partial charge on any atom is 0.306 e. The molecule has 6 nitrogen and oxygen atoms in total. The molecule has 0 amide bonds. The first-order chi connectivity index (χ1) is 24.5. The third-order valence-corrected chi connectivity index (χ3v) is 9.52. The topological polar surface area (TPSA) is 78.9 Å². The van der Waals surface area contributed by atoms with Crippen molar-refractivity contribution >= 4 is 17.9 Å². The Labute approximate surface area is 310 Å². The second-order valence-corrected chi connectivity index (χ2v) is 14.6. The molecule has 0 radical (unpaired) electrons. The second-order valence-electron chi connectivity index (χ2n) is 14.6. The molecule has 1 atom stereocenters. The van der Waals surface area contributed by atoms with Gasteiger partial charge in [-0.3, -0.25) is 14.4 Å². The van der Waals surface area contributed by atoms with Crippen LogP contribution in [0.25, 0.3) is 0 Å². The molecule has 0 bridgehead atoms. The number of hydrogen-bond donors (Lipinski definition) is 0. The Morgan fingerprint density at radius 2 is 0.660 bits per heavy atom. The van der Waals surface area contributed by atoms with E-state index in [0.29, 0.717) is 19.3 Å². The van der Waals surface area contributed by atoms with Crippen molar-refractivity contribution in [2.24, 2.45) is 0 Å². The minimum absolute atomic E-state index is 0.0689. The molecule has 0 heterocycles. The van der Waals surface area contributed by atoms with Crippen LogP contribution >= 0.6 is 0 Å². The van der Waals surface area contributed by atoms with E-state index in [4.69, 9.17) is 14.2 Å². The summed E-state index contributed by atoms with van der Waals surface area (Å²) >= 11 is 0. The Morgan fingerprint density at radius 1 is 0.380 bits per heavy atom. The largest absolute Gasteiger partial charge is 0.462 e. The van der Waals surface area contributed by atoms with E-state index in [2.05, 4.69) is 32.9 Å². The number of carbonyl (C=O) groups is 3. The van der Waals surface area contributed by atoms with Crippen molar-refractivity contribution < 1.29 is 28.6 Å². The van der Waals surface area contributed by atoms with Crippen LogP contribution in [0.4, 0.5) is 0 Å². The lowest BCUT2D eigenvalue weighted by atomic mass is 10.1. The van der Waals surface area contributed by atoms with Crippen molar-refractivity contribution in [3.8, 4) is 0 Å². The smallest absolute Gasteiger partial charge is 0.306 e. The predicted molar refractivity (Wildman–Crippen MR) is 210 cm³/mol. The lowest BCUT2D eigenvalue weighted by Crippen LogP contribution is -2.30. The van der Waals surface area contributed by atoms with Gasteiger partial charge in [-0.05, 0) is 44.9 Å². The Hall–Kier alpha value is -1.85. The van der Waals surface area contributed by atoms with Gasteiger partial charge in [0.2, 0.25) is 0 Å². The van der Waals surface area contributed by atoms with Gasteiger partial charge in [-0.1, -0.05) is 181 Å². The Balaban J connectivity index is 4.34. The summed E-state index contributed by atoms with van der Waals surface area (Å²) in [4.78, 5) is 37.5. The molecule has 0 aromatic carbocycles.